The van der Waals surface area contributed by atoms with Crippen molar-refractivity contribution in [1.29, 1.82) is 0 Å². The quantitative estimate of drug-likeness (QED) is 0.735. The van der Waals surface area contributed by atoms with Gasteiger partial charge < -0.3 is 14.6 Å². The molecule has 3 heterocycles. The molecule has 0 bridgehead atoms. The Morgan fingerprint density at radius 2 is 2.00 bits per heavy atom. The van der Waals surface area contributed by atoms with Gasteiger partial charge in [0.05, 0.1) is 11.0 Å². The third-order valence-corrected chi connectivity index (χ3v) is 5.64. The number of piperidine rings is 1. The number of nitrogens with zero attached hydrogens (tertiary/aromatic N) is 2. The lowest BCUT2D eigenvalue weighted by molar-refractivity contribution is -0.139. The van der Waals surface area contributed by atoms with Gasteiger partial charge in [0.25, 0.3) is 5.91 Å². The van der Waals surface area contributed by atoms with Crippen molar-refractivity contribution in [2.45, 2.75) is 45.6 Å². The molecule has 0 spiro atoms. The third-order valence-electron chi connectivity index (χ3n) is 5.64. The van der Waals surface area contributed by atoms with Crippen LogP contribution < -0.4 is 4.74 Å². The molecule has 1 aliphatic rings. The maximum absolute atomic E-state index is 12.8. The number of aromatic amines is 1. The van der Waals surface area contributed by atoms with Gasteiger partial charge in [-0.05, 0) is 63.4 Å². The van der Waals surface area contributed by atoms with Crippen LogP contribution in [0.4, 0.5) is 0 Å². The summed E-state index contributed by atoms with van der Waals surface area (Å²) in [5.41, 5.74) is 5.56. The molecular weight excluding hydrogens is 350 g/mol. The van der Waals surface area contributed by atoms with Crippen molar-refractivity contribution < 1.29 is 9.53 Å². The molecule has 2 aromatic heterocycles. The summed E-state index contributed by atoms with van der Waals surface area (Å²) in [4.78, 5) is 22.7. The number of H-pyrrole nitrogens is 1. The molecule has 1 N–H and O–H groups in total. The van der Waals surface area contributed by atoms with Crippen molar-refractivity contribution in [3.8, 4) is 5.75 Å². The van der Waals surface area contributed by atoms with Gasteiger partial charge in [0.15, 0.2) is 6.10 Å². The number of ether oxygens (including phenoxy) is 1. The smallest absolute Gasteiger partial charge is 0.263 e. The topological polar surface area (TPSA) is 58.2 Å². The summed E-state index contributed by atoms with van der Waals surface area (Å²) in [7, 11) is 0. The number of rotatable bonds is 4. The van der Waals surface area contributed by atoms with Crippen LogP contribution in [-0.2, 0) is 4.79 Å². The molecule has 1 unspecified atom stereocenters. The molecule has 1 aliphatic heterocycles. The molecule has 1 fully saturated rings. The summed E-state index contributed by atoms with van der Waals surface area (Å²) in [6.07, 6.45) is 3.25. The van der Waals surface area contributed by atoms with E-state index in [2.05, 4.69) is 35.1 Å². The summed E-state index contributed by atoms with van der Waals surface area (Å²) in [5.74, 6) is 1.29. The number of carbonyl (C=O) groups excluding carboxylic acids is 1. The third kappa shape index (κ3) is 3.75. The largest absolute Gasteiger partial charge is 0.481 e. The van der Waals surface area contributed by atoms with E-state index in [0.29, 0.717) is 5.92 Å². The Morgan fingerprint density at radius 3 is 2.71 bits per heavy atom. The van der Waals surface area contributed by atoms with Crippen LogP contribution in [-0.4, -0.2) is 40.0 Å². The number of hydrogen-bond donors (Lipinski definition) is 1. The van der Waals surface area contributed by atoms with E-state index < -0.39 is 6.10 Å². The molecular formula is C23H27N3O2. The molecule has 1 aromatic carbocycles. The highest BCUT2D eigenvalue weighted by atomic mass is 16.5. The minimum atomic E-state index is -0.477. The number of aromatic nitrogens is 2. The summed E-state index contributed by atoms with van der Waals surface area (Å²) in [5, 5.41) is 0. The Morgan fingerprint density at radius 1 is 1.21 bits per heavy atom. The number of pyridine rings is 1. The second-order valence-electron chi connectivity index (χ2n) is 7.79. The number of nitrogens with one attached hydrogen (secondary N) is 1. The SMILES string of the molecule is Cc1ccc(OC(C)C(=O)N2CCC(c3cc4ncccc4[nH]3)CC2)c(C)c1. The minimum absolute atomic E-state index is 0.0664. The van der Waals surface area contributed by atoms with Crippen molar-refractivity contribution in [3.05, 3.63) is 59.4 Å². The van der Waals surface area contributed by atoms with Crippen molar-refractivity contribution in [1.82, 2.24) is 14.9 Å². The standard InChI is InChI=1S/C23H27N3O2/c1-15-6-7-22(16(2)13-15)28-17(3)23(27)26-11-8-18(9-12-26)20-14-21-19(25-20)5-4-10-24-21/h4-7,10,13-14,17-18,25H,8-9,11-12H2,1-3H3. The zero-order valence-electron chi connectivity index (χ0n) is 16.7. The van der Waals surface area contributed by atoms with Crippen LogP contribution in [0.15, 0.2) is 42.6 Å². The molecule has 1 saturated heterocycles. The van der Waals surface area contributed by atoms with Gasteiger partial charge >= 0.3 is 0 Å². The number of likely N-dealkylation sites (tertiary alicyclic amines) is 1. The van der Waals surface area contributed by atoms with Crippen LogP contribution in [0.3, 0.4) is 0 Å². The van der Waals surface area contributed by atoms with Gasteiger partial charge in [-0.2, -0.15) is 0 Å². The fraction of sp³-hybridized carbons (Fsp3) is 0.391. The van der Waals surface area contributed by atoms with E-state index in [9.17, 15) is 4.79 Å². The van der Waals surface area contributed by atoms with E-state index >= 15 is 0 Å². The second kappa shape index (κ2) is 7.66. The molecule has 0 radical (unpaired) electrons. The lowest BCUT2D eigenvalue weighted by Gasteiger charge is -2.33. The van der Waals surface area contributed by atoms with Gasteiger partial charge in [-0.1, -0.05) is 17.7 Å². The van der Waals surface area contributed by atoms with E-state index in [0.717, 1.165) is 48.3 Å². The monoisotopic (exact) mass is 377 g/mol. The first-order chi connectivity index (χ1) is 13.5. The zero-order chi connectivity index (χ0) is 19.7. The van der Waals surface area contributed by atoms with E-state index in [1.807, 2.05) is 43.1 Å². The van der Waals surface area contributed by atoms with Gasteiger partial charge in [-0.3, -0.25) is 9.78 Å². The average Bonchev–Trinajstić information content (AvgIpc) is 3.14. The van der Waals surface area contributed by atoms with Crippen LogP contribution in [0.25, 0.3) is 11.0 Å². The van der Waals surface area contributed by atoms with Gasteiger partial charge in [-0.25, -0.2) is 0 Å². The van der Waals surface area contributed by atoms with Crippen LogP contribution >= 0.6 is 0 Å². The molecule has 5 heteroatoms. The van der Waals surface area contributed by atoms with Gasteiger partial charge in [0.1, 0.15) is 5.75 Å². The molecule has 0 saturated carbocycles. The zero-order valence-corrected chi connectivity index (χ0v) is 16.7. The number of hydrogen-bond acceptors (Lipinski definition) is 3. The van der Waals surface area contributed by atoms with Crippen molar-refractivity contribution in [3.63, 3.8) is 0 Å². The summed E-state index contributed by atoms with van der Waals surface area (Å²) in [6, 6.07) is 12.2. The van der Waals surface area contributed by atoms with Crippen LogP contribution in [0.5, 0.6) is 5.75 Å². The van der Waals surface area contributed by atoms with Crippen molar-refractivity contribution in [2.24, 2.45) is 0 Å². The average molecular weight is 377 g/mol. The van der Waals surface area contributed by atoms with E-state index in [4.69, 9.17) is 4.74 Å². The number of fused-ring (bicyclic) bond motifs is 1. The first-order valence-corrected chi connectivity index (χ1v) is 9.97. The van der Waals surface area contributed by atoms with Gasteiger partial charge in [0.2, 0.25) is 0 Å². The number of carbonyl (C=O) groups is 1. The molecule has 146 valence electrons. The lowest BCUT2D eigenvalue weighted by atomic mass is 9.93. The Labute approximate surface area is 165 Å². The Bertz CT molecular complexity index is 953. The van der Waals surface area contributed by atoms with Crippen LogP contribution in [0, 0.1) is 13.8 Å². The Balaban J connectivity index is 1.36. The maximum atomic E-state index is 12.8. The second-order valence-corrected chi connectivity index (χ2v) is 7.79. The molecule has 1 amide bonds. The highest BCUT2D eigenvalue weighted by Crippen LogP contribution is 2.30. The van der Waals surface area contributed by atoms with E-state index in [1.165, 1.54) is 11.3 Å². The number of amides is 1. The molecule has 1 atom stereocenters. The number of benzene rings is 1. The predicted octanol–water partition coefficient (Wildman–Crippen LogP) is 4.35. The molecule has 5 nitrogen and oxygen atoms in total. The predicted molar refractivity (Wildman–Crippen MR) is 111 cm³/mol. The van der Waals surface area contributed by atoms with E-state index in [1.54, 1.807) is 0 Å². The fourth-order valence-electron chi connectivity index (χ4n) is 4.04. The van der Waals surface area contributed by atoms with Crippen LogP contribution in [0.2, 0.25) is 0 Å². The number of aryl methyl sites for hydroxylation is 2. The highest BCUT2D eigenvalue weighted by molar-refractivity contribution is 5.81. The normalized spacial score (nSPS) is 16.3. The first-order valence-electron chi connectivity index (χ1n) is 9.97. The van der Waals surface area contributed by atoms with E-state index in [-0.39, 0.29) is 5.91 Å². The van der Waals surface area contributed by atoms with Gasteiger partial charge in [-0.15, -0.1) is 0 Å². The maximum Gasteiger partial charge on any atom is 0.263 e. The summed E-state index contributed by atoms with van der Waals surface area (Å²) < 4.78 is 5.96. The van der Waals surface area contributed by atoms with Crippen LogP contribution in [0.1, 0.15) is 42.5 Å². The lowest BCUT2D eigenvalue weighted by Crippen LogP contribution is -2.44. The summed E-state index contributed by atoms with van der Waals surface area (Å²) in [6.45, 7) is 7.43. The van der Waals surface area contributed by atoms with Gasteiger partial charge in [0, 0.05) is 30.9 Å². The Hall–Kier alpha value is -2.82. The molecule has 4 rings (SSSR count). The highest BCUT2D eigenvalue weighted by Gasteiger charge is 2.28. The Kier molecular flexibility index (Phi) is 5.07. The van der Waals surface area contributed by atoms with Crippen molar-refractivity contribution in [2.75, 3.05) is 13.1 Å². The fourth-order valence-corrected chi connectivity index (χ4v) is 4.04. The molecule has 0 aliphatic carbocycles. The molecule has 3 aromatic rings. The van der Waals surface area contributed by atoms with Crippen molar-refractivity contribution >= 4 is 16.9 Å². The first kappa shape index (κ1) is 18.5. The minimum Gasteiger partial charge on any atom is -0.481 e. The summed E-state index contributed by atoms with van der Waals surface area (Å²) >= 11 is 0. The molecule has 28 heavy (non-hydrogen) atoms.